The Morgan fingerprint density at radius 2 is 1.75 bits per heavy atom. The zero-order valence-electron chi connectivity index (χ0n) is 10.3. The number of carboxylic acid groups (broad SMARTS) is 1. The molecule has 0 radical (unpaired) electrons. The molecule has 0 bridgehead atoms. The van der Waals surface area contributed by atoms with Gasteiger partial charge in [-0.15, -0.1) is 0 Å². The minimum atomic E-state index is -0.918. The second kappa shape index (κ2) is 6.49. The van der Waals surface area contributed by atoms with Crippen LogP contribution in [0.1, 0.15) is 17.0 Å². The van der Waals surface area contributed by atoms with Crippen molar-refractivity contribution >= 4 is 40.8 Å². The second-order valence-corrected chi connectivity index (χ2v) is 5.67. The van der Waals surface area contributed by atoms with E-state index in [0.717, 1.165) is 5.56 Å². The van der Waals surface area contributed by atoms with E-state index in [0.29, 0.717) is 20.6 Å². The van der Waals surface area contributed by atoms with Crippen molar-refractivity contribution in [3.8, 4) is 0 Å². The summed E-state index contributed by atoms with van der Waals surface area (Å²) >= 11 is 17.8. The highest BCUT2D eigenvalue weighted by atomic mass is 35.5. The summed E-state index contributed by atoms with van der Waals surface area (Å²) in [6.45, 7) is 0. The summed E-state index contributed by atoms with van der Waals surface area (Å²) in [6.07, 6.45) is 0.283. The molecule has 2 nitrogen and oxygen atoms in total. The molecule has 1 atom stereocenters. The Hall–Kier alpha value is -1.22. The zero-order valence-corrected chi connectivity index (χ0v) is 12.6. The highest BCUT2D eigenvalue weighted by Gasteiger charge is 2.21. The molecule has 0 aliphatic carbocycles. The molecule has 0 saturated carbocycles. The van der Waals surface area contributed by atoms with Gasteiger partial charge in [-0.2, -0.15) is 0 Å². The fourth-order valence-electron chi connectivity index (χ4n) is 1.98. The first-order valence-corrected chi connectivity index (χ1v) is 7.03. The smallest absolute Gasteiger partial charge is 0.311 e. The number of hydrogen-bond acceptors (Lipinski definition) is 1. The Kier molecular flexibility index (Phi) is 4.92. The van der Waals surface area contributed by atoms with Crippen molar-refractivity contribution in [2.24, 2.45) is 0 Å². The van der Waals surface area contributed by atoms with Gasteiger partial charge in [0.15, 0.2) is 0 Å². The van der Waals surface area contributed by atoms with Gasteiger partial charge in [0.25, 0.3) is 0 Å². The third-order valence-corrected chi connectivity index (χ3v) is 3.81. The van der Waals surface area contributed by atoms with E-state index in [4.69, 9.17) is 34.8 Å². The van der Waals surface area contributed by atoms with Crippen LogP contribution in [-0.4, -0.2) is 11.1 Å². The molecule has 5 heteroatoms. The molecule has 1 N–H and O–H groups in total. The Morgan fingerprint density at radius 3 is 2.35 bits per heavy atom. The van der Waals surface area contributed by atoms with Gasteiger partial charge in [0.2, 0.25) is 0 Å². The highest BCUT2D eigenvalue weighted by molar-refractivity contribution is 6.35. The topological polar surface area (TPSA) is 37.3 Å². The summed E-state index contributed by atoms with van der Waals surface area (Å²) in [5.41, 5.74) is 1.39. The van der Waals surface area contributed by atoms with E-state index in [2.05, 4.69) is 0 Å². The van der Waals surface area contributed by atoms with Crippen LogP contribution in [0.25, 0.3) is 0 Å². The highest BCUT2D eigenvalue weighted by Crippen LogP contribution is 2.28. The van der Waals surface area contributed by atoms with E-state index < -0.39 is 11.9 Å². The molecule has 2 aromatic rings. The quantitative estimate of drug-likeness (QED) is 0.851. The summed E-state index contributed by atoms with van der Waals surface area (Å²) < 4.78 is 0. The second-order valence-electron chi connectivity index (χ2n) is 4.39. The molecule has 0 heterocycles. The van der Waals surface area contributed by atoms with Gasteiger partial charge >= 0.3 is 5.97 Å². The van der Waals surface area contributed by atoms with Crippen molar-refractivity contribution in [2.75, 3.05) is 0 Å². The maximum atomic E-state index is 11.5. The van der Waals surface area contributed by atoms with Gasteiger partial charge < -0.3 is 5.11 Å². The Bertz CT molecular complexity index is 641. The summed E-state index contributed by atoms with van der Waals surface area (Å²) in [6, 6.07) is 11.9. The summed E-state index contributed by atoms with van der Waals surface area (Å²) in [5, 5.41) is 10.9. The van der Waals surface area contributed by atoms with E-state index in [1.165, 1.54) is 0 Å². The predicted octanol–water partition coefficient (Wildman–Crippen LogP) is 5.06. The molecule has 2 rings (SSSR count). The lowest BCUT2D eigenvalue weighted by atomic mass is 9.92. The van der Waals surface area contributed by atoms with Crippen molar-refractivity contribution < 1.29 is 9.90 Å². The lowest BCUT2D eigenvalue weighted by molar-refractivity contribution is -0.138. The molecule has 0 aliphatic heterocycles. The molecule has 1 unspecified atom stereocenters. The molecule has 0 fully saturated rings. The van der Waals surface area contributed by atoms with Crippen LogP contribution in [0.4, 0.5) is 0 Å². The van der Waals surface area contributed by atoms with Crippen molar-refractivity contribution in [3.05, 3.63) is 68.7 Å². The Labute approximate surface area is 131 Å². The Balaban J connectivity index is 2.33. The third-order valence-electron chi connectivity index (χ3n) is 2.99. The maximum Gasteiger partial charge on any atom is 0.311 e. The van der Waals surface area contributed by atoms with Gasteiger partial charge in [0, 0.05) is 15.1 Å². The standard InChI is InChI=1S/C15H11Cl3O2/c16-11-3-1-2-9(6-11)13(15(19)20)7-10-4-5-12(17)8-14(10)18/h1-6,8,13H,7H2,(H,19,20). The first-order valence-electron chi connectivity index (χ1n) is 5.89. The molecule has 0 spiro atoms. The Morgan fingerprint density at radius 1 is 1.05 bits per heavy atom. The summed E-state index contributed by atoms with van der Waals surface area (Å²) in [4.78, 5) is 11.5. The normalized spacial score (nSPS) is 12.2. The number of hydrogen-bond donors (Lipinski definition) is 1. The van der Waals surface area contributed by atoms with E-state index in [-0.39, 0.29) is 6.42 Å². The molecular formula is C15H11Cl3O2. The van der Waals surface area contributed by atoms with Crippen molar-refractivity contribution in [2.45, 2.75) is 12.3 Å². The van der Waals surface area contributed by atoms with Crippen LogP contribution in [-0.2, 0) is 11.2 Å². The van der Waals surface area contributed by atoms with Gasteiger partial charge in [0.05, 0.1) is 5.92 Å². The van der Waals surface area contributed by atoms with Crippen LogP contribution < -0.4 is 0 Å². The van der Waals surface area contributed by atoms with Crippen LogP contribution >= 0.6 is 34.8 Å². The monoisotopic (exact) mass is 328 g/mol. The van der Waals surface area contributed by atoms with E-state index in [9.17, 15) is 9.90 Å². The predicted molar refractivity (Wildman–Crippen MR) is 82.0 cm³/mol. The molecule has 20 heavy (non-hydrogen) atoms. The van der Waals surface area contributed by atoms with Crippen LogP contribution in [0.5, 0.6) is 0 Å². The third kappa shape index (κ3) is 3.66. The summed E-state index contributed by atoms with van der Waals surface area (Å²) in [7, 11) is 0. The average Bonchev–Trinajstić information content (AvgIpc) is 2.37. The molecule has 2 aromatic carbocycles. The van der Waals surface area contributed by atoms with Crippen molar-refractivity contribution in [1.29, 1.82) is 0 Å². The lowest BCUT2D eigenvalue weighted by Crippen LogP contribution is -2.14. The van der Waals surface area contributed by atoms with Crippen LogP contribution in [0.3, 0.4) is 0 Å². The van der Waals surface area contributed by atoms with Gasteiger partial charge in [-0.05, 0) is 41.8 Å². The first-order chi connectivity index (χ1) is 9.47. The number of rotatable bonds is 4. The zero-order chi connectivity index (χ0) is 14.7. The molecule has 104 valence electrons. The maximum absolute atomic E-state index is 11.5. The van der Waals surface area contributed by atoms with Gasteiger partial charge in [-0.3, -0.25) is 4.79 Å². The largest absolute Gasteiger partial charge is 0.481 e. The average molecular weight is 330 g/mol. The van der Waals surface area contributed by atoms with Gasteiger partial charge in [-0.1, -0.05) is 53.0 Å². The first kappa shape index (κ1) is 15.2. The molecular weight excluding hydrogens is 319 g/mol. The van der Waals surface area contributed by atoms with Crippen LogP contribution in [0.15, 0.2) is 42.5 Å². The molecule has 0 aliphatic rings. The molecule has 0 amide bonds. The van der Waals surface area contributed by atoms with E-state index in [1.54, 1.807) is 42.5 Å². The van der Waals surface area contributed by atoms with Crippen molar-refractivity contribution in [1.82, 2.24) is 0 Å². The molecule has 0 saturated heterocycles. The van der Waals surface area contributed by atoms with E-state index >= 15 is 0 Å². The summed E-state index contributed by atoms with van der Waals surface area (Å²) in [5.74, 6) is -1.62. The fraction of sp³-hybridized carbons (Fsp3) is 0.133. The minimum absolute atomic E-state index is 0.283. The lowest BCUT2D eigenvalue weighted by Gasteiger charge is -2.14. The minimum Gasteiger partial charge on any atom is -0.481 e. The number of aliphatic carboxylic acids is 1. The van der Waals surface area contributed by atoms with Gasteiger partial charge in [0.1, 0.15) is 0 Å². The van der Waals surface area contributed by atoms with Crippen molar-refractivity contribution in [3.63, 3.8) is 0 Å². The van der Waals surface area contributed by atoms with Gasteiger partial charge in [-0.25, -0.2) is 0 Å². The number of carboxylic acids is 1. The fourth-order valence-corrected chi connectivity index (χ4v) is 2.66. The number of carbonyl (C=O) groups is 1. The molecule has 0 aromatic heterocycles. The number of benzene rings is 2. The van der Waals surface area contributed by atoms with Crippen LogP contribution in [0.2, 0.25) is 15.1 Å². The SMILES string of the molecule is O=C(O)C(Cc1ccc(Cl)cc1Cl)c1cccc(Cl)c1. The van der Waals surface area contributed by atoms with Crippen LogP contribution in [0, 0.1) is 0 Å². The van der Waals surface area contributed by atoms with E-state index in [1.807, 2.05) is 0 Å². The number of halogens is 3.